The first-order valence-electron chi connectivity index (χ1n) is 15.1. The lowest BCUT2D eigenvalue weighted by molar-refractivity contribution is -0.137. The summed E-state index contributed by atoms with van der Waals surface area (Å²) in [7, 11) is 0. The van der Waals surface area contributed by atoms with Gasteiger partial charge in [-0.1, -0.05) is 72.8 Å². The second kappa shape index (κ2) is 11.1. The standard InChI is InChI=1S/C39H25F3N4O/c40-39(41,42)27-14-12-24(13-15-27)38(47)44-29-17-19-35-34(22-29)37(46-36(45-35)33-11-5-8-23-6-1-3-9-30(23)33)43-28-16-18-32-26(21-28)20-25-7-2-4-10-31(25)32/h1-19,21-22H,20H2,(H,44,47)(H,43,45,46). The molecule has 6 aromatic carbocycles. The van der Waals surface area contributed by atoms with Crippen LogP contribution >= 0.6 is 0 Å². The lowest BCUT2D eigenvalue weighted by atomic mass is 10.0. The summed E-state index contributed by atoms with van der Waals surface area (Å²) in [6, 6.07) is 38.2. The Labute approximate surface area is 267 Å². The quantitative estimate of drug-likeness (QED) is 0.201. The van der Waals surface area contributed by atoms with Crippen molar-refractivity contribution in [2.24, 2.45) is 0 Å². The van der Waals surface area contributed by atoms with Gasteiger partial charge in [0, 0.05) is 27.9 Å². The van der Waals surface area contributed by atoms with E-state index in [2.05, 4.69) is 47.0 Å². The van der Waals surface area contributed by atoms with E-state index in [1.54, 1.807) is 18.2 Å². The summed E-state index contributed by atoms with van der Waals surface area (Å²) in [5.41, 5.74) is 7.12. The van der Waals surface area contributed by atoms with Crippen LogP contribution in [0.2, 0.25) is 0 Å². The molecule has 8 rings (SSSR count). The Hall–Kier alpha value is -6.02. The van der Waals surface area contributed by atoms with Gasteiger partial charge in [0.1, 0.15) is 5.82 Å². The number of nitrogens with one attached hydrogen (secondary N) is 2. The summed E-state index contributed by atoms with van der Waals surface area (Å²) in [4.78, 5) is 23.0. The number of benzene rings is 6. The van der Waals surface area contributed by atoms with Crippen molar-refractivity contribution < 1.29 is 18.0 Å². The van der Waals surface area contributed by atoms with Crippen molar-refractivity contribution in [1.29, 1.82) is 0 Å². The molecule has 2 N–H and O–H groups in total. The number of anilines is 3. The molecule has 1 heterocycles. The molecular weight excluding hydrogens is 597 g/mol. The number of aromatic nitrogens is 2. The second-order valence-electron chi connectivity index (χ2n) is 11.5. The predicted octanol–water partition coefficient (Wildman–Crippen LogP) is 10.0. The molecule has 0 saturated carbocycles. The Bertz CT molecular complexity index is 2340. The highest BCUT2D eigenvalue weighted by atomic mass is 19.4. The number of hydrogen-bond donors (Lipinski definition) is 2. The lowest BCUT2D eigenvalue weighted by Crippen LogP contribution is -2.13. The lowest BCUT2D eigenvalue weighted by Gasteiger charge is -2.14. The molecule has 1 aromatic heterocycles. The third-order valence-corrected chi connectivity index (χ3v) is 8.51. The Kier molecular flexibility index (Phi) is 6.72. The SMILES string of the molecule is O=C(Nc1ccc2nc(-c3cccc4ccccc34)nc(Nc3ccc4c(c3)Cc3ccccc3-4)c2c1)c1ccc(C(F)(F)F)cc1. The normalized spacial score (nSPS) is 12.1. The second-order valence-corrected chi connectivity index (χ2v) is 11.5. The van der Waals surface area contributed by atoms with E-state index in [0.717, 1.165) is 52.7 Å². The first-order valence-corrected chi connectivity index (χ1v) is 15.1. The van der Waals surface area contributed by atoms with Crippen LogP contribution in [-0.4, -0.2) is 15.9 Å². The molecule has 7 aromatic rings. The molecule has 0 aliphatic heterocycles. The number of fused-ring (bicyclic) bond motifs is 5. The van der Waals surface area contributed by atoms with Crippen molar-refractivity contribution in [3.8, 4) is 22.5 Å². The zero-order valence-electron chi connectivity index (χ0n) is 24.8. The molecule has 8 heteroatoms. The van der Waals surface area contributed by atoms with E-state index in [9.17, 15) is 18.0 Å². The molecule has 0 fully saturated rings. The number of amides is 1. The fourth-order valence-corrected chi connectivity index (χ4v) is 6.22. The minimum atomic E-state index is -4.48. The van der Waals surface area contributed by atoms with Crippen molar-refractivity contribution >= 4 is 44.8 Å². The smallest absolute Gasteiger partial charge is 0.340 e. The highest BCUT2D eigenvalue weighted by Crippen LogP contribution is 2.39. The molecule has 1 aliphatic carbocycles. The minimum Gasteiger partial charge on any atom is -0.340 e. The van der Waals surface area contributed by atoms with Crippen LogP contribution in [-0.2, 0) is 12.6 Å². The van der Waals surface area contributed by atoms with Crippen molar-refractivity contribution in [2.45, 2.75) is 12.6 Å². The summed E-state index contributed by atoms with van der Waals surface area (Å²) in [5, 5.41) is 9.10. The zero-order valence-corrected chi connectivity index (χ0v) is 24.8. The summed E-state index contributed by atoms with van der Waals surface area (Å²) in [5.74, 6) is 0.574. The van der Waals surface area contributed by atoms with Crippen LogP contribution in [0.25, 0.3) is 44.2 Å². The molecule has 0 saturated heterocycles. The molecule has 0 unspecified atom stereocenters. The maximum atomic E-state index is 13.0. The van der Waals surface area contributed by atoms with Gasteiger partial charge < -0.3 is 10.6 Å². The topological polar surface area (TPSA) is 66.9 Å². The first-order chi connectivity index (χ1) is 22.8. The highest BCUT2D eigenvalue weighted by molar-refractivity contribution is 6.06. The van der Waals surface area contributed by atoms with Crippen LogP contribution in [0.4, 0.5) is 30.4 Å². The fourth-order valence-electron chi connectivity index (χ4n) is 6.22. The summed E-state index contributed by atoms with van der Waals surface area (Å²) in [6.07, 6.45) is -3.64. The third-order valence-electron chi connectivity index (χ3n) is 8.51. The average molecular weight is 623 g/mol. The molecule has 5 nitrogen and oxygen atoms in total. The van der Waals surface area contributed by atoms with Crippen LogP contribution in [0.3, 0.4) is 0 Å². The molecule has 47 heavy (non-hydrogen) atoms. The number of carbonyl (C=O) groups excluding carboxylic acids is 1. The number of halogens is 3. The molecule has 0 spiro atoms. The summed E-state index contributed by atoms with van der Waals surface area (Å²) < 4.78 is 39.1. The van der Waals surface area contributed by atoms with Gasteiger partial charge in [0.2, 0.25) is 0 Å². The van der Waals surface area contributed by atoms with Crippen LogP contribution in [0, 0.1) is 0 Å². The molecular formula is C39H25F3N4O. The van der Waals surface area contributed by atoms with Crippen molar-refractivity contribution in [3.63, 3.8) is 0 Å². The van der Waals surface area contributed by atoms with Crippen LogP contribution < -0.4 is 10.6 Å². The van der Waals surface area contributed by atoms with Crippen LogP contribution in [0.5, 0.6) is 0 Å². The molecule has 0 bridgehead atoms. The minimum absolute atomic E-state index is 0.109. The van der Waals surface area contributed by atoms with E-state index in [-0.39, 0.29) is 5.56 Å². The maximum absolute atomic E-state index is 13.0. The largest absolute Gasteiger partial charge is 0.416 e. The van der Waals surface area contributed by atoms with E-state index in [4.69, 9.17) is 9.97 Å². The monoisotopic (exact) mass is 622 g/mol. The molecule has 0 radical (unpaired) electrons. The Morgan fingerprint density at radius 3 is 2.21 bits per heavy atom. The van der Waals surface area contributed by atoms with Gasteiger partial charge in [0.05, 0.1) is 11.1 Å². The molecule has 1 aliphatic rings. The van der Waals surface area contributed by atoms with Gasteiger partial charge in [-0.2, -0.15) is 13.2 Å². The number of rotatable bonds is 5. The Morgan fingerprint density at radius 2 is 1.36 bits per heavy atom. The summed E-state index contributed by atoms with van der Waals surface area (Å²) in [6.45, 7) is 0. The van der Waals surface area contributed by atoms with Gasteiger partial charge in [0.25, 0.3) is 5.91 Å². The van der Waals surface area contributed by atoms with Crippen molar-refractivity contribution in [2.75, 3.05) is 10.6 Å². The Balaban J connectivity index is 1.19. The van der Waals surface area contributed by atoms with E-state index in [1.807, 2.05) is 48.5 Å². The van der Waals surface area contributed by atoms with Crippen molar-refractivity contribution in [1.82, 2.24) is 9.97 Å². The van der Waals surface area contributed by atoms with E-state index < -0.39 is 17.6 Å². The highest BCUT2D eigenvalue weighted by Gasteiger charge is 2.30. The third kappa shape index (κ3) is 5.33. The molecule has 1 amide bonds. The van der Waals surface area contributed by atoms with Crippen molar-refractivity contribution in [3.05, 3.63) is 150 Å². The average Bonchev–Trinajstić information content (AvgIpc) is 3.45. The van der Waals surface area contributed by atoms with Gasteiger partial charge in [-0.15, -0.1) is 0 Å². The molecule has 0 atom stereocenters. The van der Waals surface area contributed by atoms with E-state index in [0.29, 0.717) is 28.2 Å². The van der Waals surface area contributed by atoms with E-state index >= 15 is 0 Å². The Morgan fingerprint density at radius 1 is 0.638 bits per heavy atom. The van der Waals surface area contributed by atoms with Gasteiger partial charge >= 0.3 is 6.18 Å². The maximum Gasteiger partial charge on any atom is 0.416 e. The predicted molar refractivity (Wildman–Crippen MR) is 180 cm³/mol. The van der Waals surface area contributed by atoms with Gasteiger partial charge in [-0.25, -0.2) is 9.97 Å². The van der Waals surface area contributed by atoms with Crippen LogP contribution in [0.1, 0.15) is 27.0 Å². The molecule has 228 valence electrons. The number of alkyl halides is 3. The first kappa shape index (κ1) is 28.5. The number of nitrogens with zero attached hydrogens (tertiary/aromatic N) is 2. The van der Waals surface area contributed by atoms with Crippen LogP contribution in [0.15, 0.2) is 127 Å². The van der Waals surface area contributed by atoms with Gasteiger partial charge in [-0.05, 0) is 94.0 Å². The van der Waals surface area contributed by atoms with E-state index in [1.165, 1.54) is 22.3 Å². The van der Waals surface area contributed by atoms with Gasteiger partial charge in [-0.3, -0.25) is 4.79 Å². The number of hydrogen-bond acceptors (Lipinski definition) is 4. The summed E-state index contributed by atoms with van der Waals surface area (Å²) >= 11 is 0. The number of carbonyl (C=O) groups is 1. The zero-order chi connectivity index (χ0) is 32.1. The van der Waals surface area contributed by atoms with Gasteiger partial charge in [0.15, 0.2) is 5.82 Å². The fraction of sp³-hybridized carbons (Fsp3) is 0.0513.